The van der Waals surface area contributed by atoms with Gasteiger partial charge in [0.05, 0.1) is 17.1 Å². The predicted molar refractivity (Wildman–Crippen MR) is 121 cm³/mol. The Labute approximate surface area is 191 Å². The fourth-order valence-electron chi connectivity index (χ4n) is 3.45. The van der Waals surface area contributed by atoms with Gasteiger partial charge in [-0.05, 0) is 18.2 Å². The van der Waals surface area contributed by atoms with E-state index in [1.54, 1.807) is 6.07 Å². The van der Waals surface area contributed by atoms with Crippen LogP contribution in [0.2, 0.25) is 0 Å². The van der Waals surface area contributed by atoms with E-state index < -0.39 is 15.7 Å². The number of hydrogen-bond donors (Lipinski definition) is 1. The number of nitrogens with zero attached hydrogens (tertiary/aromatic N) is 6. The Kier molecular flexibility index (Phi) is 6.56. The molecule has 0 unspecified atom stereocenters. The highest BCUT2D eigenvalue weighted by Gasteiger charge is 2.21. The number of piperazine rings is 1. The molecule has 1 N–H and O–H groups in total. The maximum atomic E-state index is 14.4. The minimum absolute atomic E-state index is 0.0762. The SMILES string of the molecule is CC(C)c1noc(CN2CCN(c3cc(Nc4ccc(S(C)(=O)=O)cc4F)ncn3)CC2)n1. The molecule has 1 saturated heterocycles. The molecule has 3 aromatic rings. The second-order valence-electron chi connectivity index (χ2n) is 8.26. The van der Waals surface area contributed by atoms with Crippen molar-refractivity contribution < 1.29 is 17.3 Å². The maximum Gasteiger partial charge on any atom is 0.240 e. The standard InChI is InChI=1S/C21H26FN7O3S/c1-14(2)21-26-20(32-27-21)12-28-6-8-29(9-7-28)19-11-18(23-13-24-19)25-17-5-4-15(10-16(17)22)33(3,30)31/h4-5,10-11,13-14H,6-9,12H2,1-3H3,(H,23,24,25). The van der Waals surface area contributed by atoms with Gasteiger partial charge in [0.25, 0.3) is 0 Å². The zero-order valence-corrected chi connectivity index (χ0v) is 19.5. The van der Waals surface area contributed by atoms with Crippen LogP contribution in [-0.2, 0) is 16.4 Å². The quantitative estimate of drug-likeness (QED) is 0.546. The Morgan fingerprint density at radius 2 is 1.91 bits per heavy atom. The van der Waals surface area contributed by atoms with Gasteiger partial charge in [-0.2, -0.15) is 4.98 Å². The van der Waals surface area contributed by atoms with E-state index in [1.165, 1.54) is 18.5 Å². The maximum absolute atomic E-state index is 14.4. The summed E-state index contributed by atoms with van der Waals surface area (Å²) in [5, 5.41) is 6.90. The Morgan fingerprint density at radius 3 is 2.55 bits per heavy atom. The molecule has 0 saturated carbocycles. The summed E-state index contributed by atoms with van der Waals surface area (Å²) in [7, 11) is -3.48. The smallest absolute Gasteiger partial charge is 0.240 e. The van der Waals surface area contributed by atoms with E-state index in [4.69, 9.17) is 4.52 Å². The van der Waals surface area contributed by atoms with Gasteiger partial charge in [-0.1, -0.05) is 19.0 Å². The molecule has 3 heterocycles. The van der Waals surface area contributed by atoms with Crippen LogP contribution in [0.5, 0.6) is 0 Å². The van der Waals surface area contributed by atoms with Crippen molar-refractivity contribution in [1.29, 1.82) is 0 Å². The van der Waals surface area contributed by atoms with Crippen LogP contribution in [0.25, 0.3) is 0 Å². The Balaban J connectivity index is 1.37. The van der Waals surface area contributed by atoms with Gasteiger partial charge in [0.15, 0.2) is 15.7 Å². The van der Waals surface area contributed by atoms with Crippen LogP contribution < -0.4 is 10.2 Å². The molecule has 0 bridgehead atoms. The van der Waals surface area contributed by atoms with Crippen LogP contribution in [0.4, 0.5) is 21.7 Å². The molecule has 0 amide bonds. The van der Waals surface area contributed by atoms with Crippen molar-refractivity contribution in [3.8, 4) is 0 Å². The minimum Gasteiger partial charge on any atom is -0.354 e. The van der Waals surface area contributed by atoms with Gasteiger partial charge < -0.3 is 14.7 Å². The van der Waals surface area contributed by atoms with Crippen molar-refractivity contribution in [1.82, 2.24) is 25.0 Å². The molecule has 0 aliphatic carbocycles. The van der Waals surface area contributed by atoms with Gasteiger partial charge in [-0.3, -0.25) is 4.90 Å². The average Bonchev–Trinajstić information content (AvgIpc) is 3.24. The molecule has 0 radical (unpaired) electrons. The largest absolute Gasteiger partial charge is 0.354 e. The van der Waals surface area contributed by atoms with E-state index in [0.717, 1.165) is 44.3 Å². The summed E-state index contributed by atoms with van der Waals surface area (Å²) in [5.74, 6) is 2.02. The van der Waals surface area contributed by atoms with Crippen LogP contribution in [0, 0.1) is 5.82 Å². The highest BCUT2D eigenvalue weighted by atomic mass is 32.2. The molecule has 176 valence electrons. The monoisotopic (exact) mass is 475 g/mol. The average molecular weight is 476 g/mol. The number of nitrogens with one attached hydrogen (secondary N) is 1. The van der Waals surface area contributed by atoms with Crippen molar-refractivity contribution in [2.24, 2.45) is 0 Å². The third kappa shape index (κ3) is 5.63. The predicted octanol–water partition coefficient (Wildman–Crippen LogP) is 2.59. The highest BCUT2D eigenvalue weighted by molar-refractivity contribution is 7.90. The van der Waals surface area contributed by atoms with Crippen molar-refractivity contribution in [2.45, 2.75) is 31.2 Å². The first-order valence-corrected chi connectivity index (χ1v) is 12.5. The molecule has 1 aromatic carbocycles. The van der Waals surface area contributed by atoms with E-state index >= 15 is 0 Å². The molecule has 1 aliphatic heterocycles. The summed E-state index contributed by atoms with van der Waals surface area (Å²) in [4.78, 5) is 17.2. The van der Waals surface area contributed by atoms with E-state index in [2.05, 4.69) is 35.2 Å². The molecule has 4 rings (SSSR count). The summed E-state index contributed by atoms with van der Waals surface area (Å²) in [6.07, 6.45) is 2.45. The molecular formula is C21H26FN7O3S. The van der Waals surface area contributed by atoms with Gasteiger partial charge in [0.2, 0.25) is 5.89 Å². The molecule has 1 fully saturated rings. The summed E-state index contributed by atoms with van der Waals surface area (Å²) in [6, 6.07) is 5.48. The molecule has 12 heteroatoms. The van der Waals surface area contributed by atoms with Gasteiger partial charge in [0, 0.05) is 44.4 Å². The van der Waals surface area contributed by atoms with Gasteiger partial charge >= 0.3 is 0 Å². The number of sulfone groups is 1. The normalized spacial score (nSPS) is 15.2. The fourth-order valence-corrected chi connectivity index (χ4v) is 4.08. The van der Waals surface area contributed by atoms with Gasteiger partial charge in [-0.15, -0.1) is 0 Å². The first kappa shape index (κ1) is 23.1. The second-order valence-corrected chi connectivity index (χ2v) is 10.3. The molecular weight excluding hydrogens is 449 g/mol. The third-order valence-electron chi connectivity index (χ3n) is 5.34. The Bertz CT molecular complexity index is 1220. The first-order chi connectivity index (χ1) is 15.7. The van der Waals surface area contributed by atoms with Crippen LogP contribution in [0.1, 0.15) is 31.5 Å². The fraction of sp³-hybridized carbons (Fsp3) is 0.429. The lowest BCUT2D eigenvalue weighted by Crippen LogP contribution is -2.46. The van der Waals surface area contributed by atoms with Crippen molar-refractivity contribution in [2.75, 3.05) is 42.7 Å². The molecule has 0 atom stereocenters. The van der Waals surface area contributed by atoms with Gasteiger partial charge in [0.1, 0.15) is 23.8 Å². The van der Waals surface area contributed by atoms with Crippen LogP contribution >= 0.6 is 0 Å². The second kappa shape index (κ2) is 9.40. The zero-order chi connectivity index (χ0) is 23.6. The summed E-state index contributed by atoms with van der Waals surface area (Å²) in [6.45, 7) is 7.75. The van der Waals surface area contributed by atoms with E-state index in [0.29, 0.717) is 24.1 Å². The van der Waals surface area contributed by atoms with E-state index in [-0.39, 0.29) is 16.5 Å². The number of hydrogen-bond acceptors (Lipinski definition) is 10. The first-order valence-electron chi connectivity index (χ1n) is 10.6. The van der Waals surface area contributed by atoms with Crippen molar-refractivity contribution >= 4 is 27.2 Å². The molecule has 0 spiro atoms. The number of benzene rings is 1. The summed E-state index contributed by atoms with van der Waals surface area (Å²) >= 11 is 0. The topological polar surface area (TPSA) is 117 Å². The van der Waals surface area contributed by atoms with Crippen LogP contribution in [0.15, 0.2) is 40.0 Å². The highest BCUT2D eigenvalue weighted by Crippen LogP contribution is 2.24. The summed E-state index contributed by atoms with van der Waals surface area (Å²) < 4.78 is 42.9. The van der Waals surface area contributed by atoms with Crippen molar-refractivity contribution in [3.63, 3.8) is 0 Å². The Morgan fingerprint density at radius 1 is 1.15 bits per heavy atom. The lowest BCUT2D eigenvalue weighted by Gasteiger charge is -2.34. The number of anilines is 3. The minimum atomic E-state index is -3.48. The third-order valence-corrected chi connectivity index (χ3v) is 6.45. The van der Waals surface area contributed by atoms with E-state index in [9.17, 15) is 12.8 Å². The Hall–Kier alpha value is -3.12. The lowest BCUT2D eigenvalue weighted by atomic mass is 10.2. The molecule has 10 nitrogen and oxygen atoms in total. The number of rotatable bonds is 7. The van der Waals surface area contributed by atoms with Gasteiger partial charge in [-0.25, -0.2) is 22.8 Å². The number of aromatic nitrogens is 4. The van der Waals surface area contributed by atoms with Crippen LogP contribution in [-0.4, -0.2) is 65.9 Å². The summed E-state index contributed by atoms with van der Waals surface area (Å²) in [5.41, 5.74) is 0.136. The molecule has 33 heavy (non-hydrogen) atoms. The zero-order valence-electron chi connectivity index (χ0n) is 18.7. The lowest BCUT2D eigenvalue weighted by molar-refractivity contribution is 0.215. The number of halogens is 1. The van der Waals surface area contributed by atoms with Crippen molar-refractivity contribution in [3.05, 3.63) is 48.1 Å². The molecule has 1 aliphatic rings. The molecule has 2 aromatic heterocycles. The van der Waals surface area contributed by atoms with Crippen LogP contribution in [0.3, 0.4) is 0 Å². The van der Waals surface area contributed by atoms with E-state index in [1.807, 2.05) is 13.8 Å².